The maximum atomic E-state index is 12.1. The third kappa shape index (κ3) is 4.32. The molecular formula is C19H17ClN4O3. The molecule has 8 heteroatoms. The number of carbonyl (C=O) groups is 1. The van der Waals surface area contributed by atoms with Crippen molar-refractivity contribution in [3.63, 3.8) is 0 Å². The molecule has 0 aliphatic carbocycles. The zero-order valence-electron chi connectivity index (χ0n) is 14.3. The topological polar surface area (TPSA) is 77.4 Å². The molecule has 2 N–H and O–H groups in total. The van der Waals surface area contributed by atoms with Gasteiger partial charge in [0.1, 0.15) is 6.61 Å². The third-order valence-electron chi connectivity index (χ3n) is 3.93. The van der Waals surface area contributed by atoms with Crippen LogP contribution in [0, 0.1) is 0 Å². The van der Waals surface area contributed by atoms with Crippen molar-refractivity contribution in [3.8, 4) is 11.5 Å². The zero-order chi connectivity index (χ0) is 18.6. The Morgan fingerprint density at radius 3 is 2.81 bits per heavy atom. The first-order valence-corrected chi connectivity index (χ1v) is 8.78. The van der Waals surface area contributed by atoms with Crippen LogP contribution in [-0.2, 0) is 6.54 Å². The number of hydrogen-bond acceptors (Lipinski definition) is 4. The summed E-state index contributed by atoms with van der Waals surface area (Å²) in [5.41, 5.74) is 1.19. The number of rotatable bonds is 4. The lowest BCUT2D eigenvalue weighted by atomic mass is 10.2. The second-order valence-corrected chi connectivity index (χ2v) is 6.47. The van der Waals surface area contributed by atoms with Crippen LogP contribution in [0.1, 0.15) is 0 Å². The maximum absolute atomic E-state index is 12.1. The van der Waals surface area contributed by atoms with E-state index in [-0.39, 0.29) is 12.1 Å². The highest BCUT2D eigenvalue weighted by molar-refractivity contribution is 6.30. The highest BCUT2D eigenvalue weighted by Crippen LogP contribution is 2.31. The molecule has 27 heavy (non-hydrogen) atoms. The van der Waals surface area contributed by atoms with Gasteiger partial charge in [-0.3, -0.25) is 4.68 Å². The lowest BCUT2D eigenvalue weighted by Crippen LogP contribution is -2.33. The minimum absolute atomic E-state index is 0.159. The first-order chi connectivity index (χ1) is 13.2. The van der Waals surface area contributed by atoms with Crippen LogP contribution in [0.3, 0.4) is 0 Å². The highest BCUT2D eigenvalue weighted by Gasteiger charge is 2.21. The van der Waals surface area contributed by atoms with Crippen LogP contribution < -0.4 is 20.1 Å². The van der Waals surface area contributed by atoms with E-state index in [0.29, 0.717) is 29.5 Å². The average molecular weight is 385 g/mol. The minimum Gasteiger partial charge on any atom is -0.486 e. The summed E-state index contributed by atoms with van der Waals surface area (Å²) in [7, 11) is 0. The van der Waals surface area contributed by atoms with Gasteiger partial charge >= 0.3 is 6.03 Å². The van der Waals surface area contributed by atoms with Crippen LogP contribution in [0.4, 0.5) is 16.2 Å². The number of para-hydroxylation sites is 2. The summed E-state index contributed by atoms with van der Waals surface area (Å²) in [5, 5.41) is 10.3. The number of nitrogens with zero attached hydrogens (tertiary/aromatic N) is 2. The Balaban J connectivity index is 1.33. The fourth-order valence-electron chi connectivity index (χ4n) is 2.75. The van der Waals surface area contributed by atoms with E-state index in [2.05, 4.69) is 15.7 Å². The van der Waals surface area contributed by atoms with Crippen molar-refractivity contribution in [1.82, 2.24) is 9.78 Å². The molecule has 1 aliphatic heterocycles. The van der Waals surface area contributed by atoms with Gasteiger partial charge in [-0.05, 0) is 30.3 Å². The van der Waals surface area contributed by atoms with Crippen molar-refractivity contribution in [2.45, 2.75) is 12.6 Å². The monoisotopic (exact) mass is 384 g/mol. The quantitative estimate of drug-likeness (QED) is 0.712. The third-order valence-corrected chi connectivity index (χ3v) is 4.17. The fourth-order valence-corrected chi connectivity index (χ4v) is 2.94. The van der Waals surface area contributed by atoms with Gasteiger partial charge in [0.05, 0.1) is 18.4 Å². The smallest absolute Gasteiger partial charge is 0.323 e. The zero-order valence-corrected chi connectivity index (χ0v) is 15.0. The Bertz CT molecular complexity index is 959. The summed E-state index contributed by atoms with van der Waals surface area (Å²) >= 11 is 5.91. The molecule has 0 spiro atoms. The molecule has 0 radical (unpaired) electrons. The molecule has 7 nitrogen and oxygen atoms in total. The van der Waals surface area contributed by atoms with Crippen LogP contribution >= 0.6 is 11.6 Å². The van der Waals surface area contributed by atoms with Crippen molar-refractivity contribution in [2.75, 3.05) is 17.2 Å². The lowest BCUT2D eigenvalue weighted by molar-refractivity contribution is 0.0759. The fraction of sp³-hybridized carbons (Fsp3) is 0.158. The Morgan fingerprint density at radius 2 is 1.96 bits per heavy atom. The van der Waals surface area contributed by atoms with Crippen molar-refractivity contribution in [2.24, 2.45) is 0 Å². The molecule has 0 bridgehead atoms. The van der Waals surface area contributed by atoms with Gasteiger partial charge in [0, 0.05) is 16.9 Å². The predicted octanol–water partition coefficient (Wildman–Crippen LogP) is 4.02. The Kier molecular flexibility index (Phi) is 4.84. The first kappa shape index (κ1) is 17.2. The molecule has 2 aromatic carbocycles. The summed E-state index contributed by atoms with van der Waals surface area (Å²) in [4.78, 5) is 12.1. The van der Waals surface area contributed by atoms with Crippen LogP contribution in [0.15, 0.2) is 60.9 Å². The van der Waals surface area contributed by atoms with Crippen LogP contribution in [0.25, 0.3) is 0 Å². The molecule has 3 aromatic rings. The van der Waals surface area contributed by atoms with Gasteiger partial charge in [-0.25, -0.2) is 4.79 Å². The van der Waals surface area contributed by atoms with Crippen LogP contribution in [0.2, 0.25) is 5.02 Å². The number of aromatic nitrogens is 2. The number of nitrogens with one attached hydrogen (secondary N) is 2. The number of benzene rings is 2. The van der Waals surface area contributed by atoms with Gasteiger partial charge in [0.2, 0.25) is 0 Å². The van der Waals surface area contributed by atoms with E-state index >= 15 is 0 Å². The minimum atomic E-state index is -0.372. The molecule has 2 heterocycles. The molecule has 1 atom stereocenters. The van der Waals surface area contributed by atoms with Crippen molar-refractivity contribution >= 4 is 29.0 Å². The second kappa shape index (κ2) is 7.59. The SMILES string of the molecule is O=C(Nc1cccc(Cl)c1)Nc1cnn(CC2COc3ccccc3O2)c1. The molecule has 1 aliphatic rings. The van der Waals surface area contributed by atoms with Crippen molar-refractivity contribution in [3.05, 3.63) is 65.9 Å². The largest absolute Gasteiger partial charge is 0.486 e. The second-order valence-electron chi connectivity index (χ2n) is 6.04. The summed E-state index contributed by atoms with van der Waals surface area (Å²) in [5.74, 6) is 1.47. The van der Waals surface area contributed by atoms with Crippen molar-refractivity contribution < 1.29 is 14.3 Å². The highest BCUT2D eigenvalue weighted by atomic mass is 35.5. The van der Waals surface area contributed by atoms with E-state index in [0.717, 1.165) is 11.5 Å². The molecular weight excluding hydrogens is 368 g/mol. The lowest BCUT2D eigenvalue weighted by Gasteiger charge is -2.26. The van der Waals surface area contributed by atoms with E-state index in [1.165, 1.54) is 0 Å². The molecule has 0 saturated heterocycles. The molecule has 138 valence electrons. The van der Waals surface area contributed by atoms with E-state index in [1.54, 1.807) is 41.3 Å². The van der Waals surface area contributed by atoms with Gasteiger partial charge in [0.25, 0.3) is 0 Å². The predicted molar refractivity (Wildman–Crippen MR) is 103 cm³/mol. The van der Waals surface area contributed by atoms with Crippen LogP contribution in [0.5, 0.6) is 11.5 Å². The number of fused-ring (bicyclic) bond motifs is 1. The van der Waals surface area contributed by atoms with Crippen LogP contribution in [-0.4, -0.2) is 28.5 Å². The van der Waals surface area contributed by atoms with Gasteiger partial charge in [-0.2, -0.15) is 5.10 Å². The average Bonchev–Trinajstić information content (AvgIpc) is 3.08. The first-order valence-electron chi connectivity index (χ1n) is 8.40. The van der Waals surface area contributed by atoms with Gasteiger partial charge in [0.15, 0.2) is 17.6 Å². The molecule has 0 saturated carbocycles. The molecule has 0 fully saturated rings. The number of carbonyl (C=O) groups excluding carboxylic acids is 1. The molecule has 2 amide bonds. The Morgan fingerprint density at radius 1 is 1.15 bits per heavy atom. The standard InChI is InChI=1S/C19H17ClN4O3/c20-13-4-3-5-14(8-13)22-19(25)23-15-9-21-24(10-15)11-16-12-26-17-6-1-2-7-18(17)27-16/h1-10,16H,11-12H2,(H2,22,23,25). The normalized spacial score (nSPS) is 15.2. The van der Waals surface area contributed by atoms with E-state index in [4.69, 9.17) is 21.1 Å². The van der Waals surface area contributed by atoms with Gasteiger partial charge < -0.3 is 20.1 Å². The number of hydrogen-bond donors (Lipinski definition) is 2. The number of halogens is 1. The van der Waals surface area contributed by atoms with E-state index in [9.17, 15) is 4.79 Å². The molecule has 1 unspecified atom stereocenters. The Hall–Kier alpha value is -3.19. The summed E-state index contributed by atoms with van der Waals surface area (Å²) in [6, 6.07) is 14.1. The number of amides is 2. The maximum Gasteiger partial charge on any atom is 0.323 e. The summed E-state index contributed by atoms with van der Waals surface area (Å²) < 4.78 is 13.3. The number of ether oxygens (including phenoxy) is 2. The summed E-state index contributed by atoms with van der Waals surface area (Å²) in [6.45, 7) is 0.945. The van der Waals surface area contributed by atoms with Gasteiger partial charge in [-0.1, -0.05) is 29.8 Å². The number of anilines is 2. The summed E-state index contributed by atoms with van der Waals surface area (Å²) in [6.07, 6.45) is 3.16. The number of urea groups is 1. The molecule has 1 aromatic heterocycles. The Labute approximate surface area is 160 Å². The molecule has 4 rings (SSSR count). The van der Waals surface area contributed by atoms with Gasteiger partial charge in [-0.15, -0.1) is 0 Å². The van der Waals surface area contributed by atoms with E-state index in [1.807, 2.05) is 24.3 Å². The van der Waals surface area contributed by atoms with E-state index < -0.39 is 0 Å². The van der Waals surface area contributed by atoms with Crippen molar-refractivity contribution in [1.29, 1.82) is 0 Å².